The summed E-state index contributed by atoms with van der Waals surface area (Å²) in [4.78, 5) is 16.1. The molecule has 1 aromatic carbocycles. The molecular weight excluding hydrogens is 350 g/mol. The van der Waals surface area contributed by atoms with Crippen LogP contribution in [0.25, 0.3) is 10.4 Å². The standard InChI is InChI=1S/C20H19NO4S/c1-13-3-5-15(25-13)12-21(2)20(22)19-8-7-18(26-19)14-4-6-16-17(11-14)24-10-9-23-16/h3-8,11H,9-10,12H2,1-2H3. The third kappa shape index (κ3) is 3.32. The fourth-order valence-corrected chi connectivity index (χ4v) is 3.87. The summed E-state index contributed by atoms with van der Waals surface area (Å²) in [5.41, 5.74) is 1.02. The van der Waals surface area contributed by atoms with Crippen LogP contribution in [0.1, 0.15) is 21.2 Å². The van der Waals surface area contributed by atoms with Crippen molar-refractivity contribution in [3.05, 3.63) is 58.9 Å². The van der Waals surface area contributed by atoms with Crippen molar-refractivity contribution in [3.63, 3.8) is 0 Å². The number of nitrogens with zero attached hydrogens (tertiary/aromatic N) is 1. The number of ether oxygens (including phenoxy) is 2. The van der Waals surface area contributed by atoms with Gasteiger partial charge in [-0.25, -0.2) is 0 Å². The first-order chi connectivity index (χ1) is 12.6. The lowest BCUT2D eigenvalue weighted by molar-refractivity contribution is 0.0780. The Morgan fingerprint density at radius 3 is 2.65 bits per heavy atom. The van der Waals surface area contributed by atoms with Gasteiger partial charge in [0.05, 0.1) is 11.4 Å². The maximum Gasteiger partial charge on any atom is 0.264 e. The van der Waals surface area contributed by atoms with Crippen LogP contribution in [-0.4, -0.2) is 31.1 Å². The lowest BCUT2D eigenvalue weighted by atomic mass is 10.1. The Hall–Kier alpha value is -2.73. The second-order valence-electron chi connectivity index (χ2n) is 6.20. The maximum absolute atomic E-state index is 12.7. The van der Waals surface area contributed by atoms with E-state index in [-0.39, 0.29) is 5.91 Å². The number of hydrogen-bond acceptors (Lipinski definition) is 5. The van der Waals surface area contributed by atoms with E-state index < -0.39 is 0 Å². The molecule has 26 heavy (non-hydrogen) atoms. The van der Waals surface area contributed by atoms with Gasteiger partial charge in [-0.3, -0.25) is 4.79 Å². The highest BCUT2D eigenvalue weighted by molar-refractivity contribution is 7.17. The lowest BCUT2D eigenvalue weighted by Crippen LogP contribution is -2.25. The normalized spacial score (nSPS) is 12.8. The van der Waals surface area contributed by atoms with E-state index in [1.54, 1.807) is 11.9 Å². The number of furan rings is 1. The smallest absolute Gasteiger partial charge is 0.264 e. The van der Waals surface area contributed by atoms with Crippen molar-refractivity contribution in [2.75, 3.05) is 20.3 Å². The third-order valence-corrected chi connectivity index (χ3v) is 5.30. The van der Waals surface area contributed by atoms with Crippen molar-refractivity contribution in [2.45, 2.75) is 13.5 Å². The van der Waals surface area contributed by atoms with Crippen LogP contribution in [0, 0.1) is 6.92 Å². The number of amides is 1. The summed E-state index contributed by atoms with van der Waals surface area (Å²) in [6.45, 7) is 3.47. The first kappa shape index (κ1) is 16.7. The topological polar surface area (TPSA) is 51.9 Å². The Bertz CT molecular complexity index is 943. The molecule has 0 spiro atoms. The van der Waals surface area contributed by atoms with Crippen molar-refractivity contribution in [2.24, 2.45) is 0 Å². The van der Waals surface area contributed by atoms with E-state index in [1.165, 1.54) is 11.3 Å². The molecule has 0 aliphatic carbocycles. The third-order valence-electron chi connectivity index (χ3n) is 4.18. The zero-order valence-corrected chi connectivity index (χ0v) is 15.5. The average Bonchev–Trinajstić information content (AvgIpc) is 3.30. The van der Waals surface area contributed by atoms with Gasteiger partial charge in [-0.05, 0) is 55.0 Å². The fourth-order valence-electron chi connectivity index (χ4n) is 2.87. The van der Waals surface area contributed by atoms with E-state index >= 15 is 0 Å². The van der Waals surface area contributed by atoms with Crippen LogP contribution in [0.5, 0.6) is 11.5 Å². The zero-order valence-electron chi connectivity index (χ0n) is 14.7. The Morgan fingerprint density at radius 1 is 1.08 bits per heavy atom. The summed E-state index contributed by atoms with van der Waals surface area (Å²) in [6, 6.07) is 13.5. The number of benzene rings is 1. The van der Waals surface area contributed by atoms with Gasteiger partial charge in [0.15, 0.2) is 11.5 Å². The molecule has 1 aliphatic heterocycles. The van der Waals surface area contributed by atoms with Crippen LogP contribution in [0.3, 0.4) is 0 Å². The fraction of sp³-hybridized carbons (Fsp3) is 0.250. The van der Waals surface area contributed by atoms with Crippen LogP contribution < -0.4 is 9.47 Å². The second kappa shape index (κ2) is 6.88. The van der Waals surface area contributed by atoms with Crippen molar-refractivity contribution < 1.29 is 18.7 Å². The van der Waals surface area contributed by atoms with Crippen LogP contribution in [-0.2, 0) is 6.54 Å². The molecule has 1 amide bonds. The zero-order chi connectivity index (χ0) is 18.1. The first-order valence-corrected chi connectivity index (χ1v) is 9.22. The molecule has 4 rings (SSSR count). The van der Waals surface area contributed by atoms with E-state index in [4.69, 9.17) is 13.9 Å². The highest BCUT2D eigenvalue weighted by Crippen LogP contribution is 2.37. The summed E-state index contributed by atoms with van der Waals surface area (Å²) in [5, 5.41) is 0. The first-order valence-electron chi connectivity index (χ1n) is 8.41. The van der Waals surface area contributed by atoms with Crippen molar-refractivity contribution in [1.82, 2.24) is 4.90 Å². The van der Waals surface area contributed by atoms with E-state index in [2.05, 4.69) is 0 Å². The molecule has 3 aromatic rings. The monoisotopic (exact) mass is 369 g/mol. The van der Waals surface area contributed by atoms with E-state index in [1.807, 2.05) is 49.4 Å². The van der Waals surface area contributed by atoms with Crippen molar-refractivity contribution in [3.8, 4) is 21.9 Å². The number of carbonyl (C=O) groups excluding carboxylic acids is 1. The van der Waals surface area contributed by atoms with Gasteiger partial charge in [0.2, 0.25) is 0 Å². The second-order valence-corrected chi connectivity index (χ2v) is 7.28. The molecular formula is C20H19NO4S. The van der Waals surface area contributed by atoms with Gasteiger partial charge in [-0.1, -0.05) is 0 Å². The van der Waals surface area contributed by atoms with E-state index in [0.29, 0.717) is 24.6 Å². The molecule has 1 aliphatic rings. The summed E-state index contributed by atoms with van der Waals surface area (Å²) in [5.74, 6) is 3.12. The SMILES string of the molecule is Cc1ccc(CN(C)C(=O)c2ccc(-c3ccc4c(c3)OCCO4)s2)o1. The van der Waals surface area contributed by atoms with Crippen molar-refractivity contribution >= 4 is 17.2 Å². The van der Waals surface area contributed by atoms with Crippen LogP contribution >= 0.6 is 11.3 Å². The quantitative estimate of drug-likeness (QED) is 0.686. The Morgan fingerprint density at radius 2 is 1.88 bits per heavy atom. The van der Waals surface area contributed by atoms with Gasteiger partial charge >= 0.3 is 0 Å². The highest BCUT2D eigenvalue weighted by atomic mass is 32.1. The molecule has 0 radical (unpaired) electrons. The lowest BCUT2D eigenvalue weighted by Gasteiger charge is -2.18. The summed E-state index contributed by atoms with van der Waals surface area (Å²) in [6.07, 6.45) is 0. The molecule has 0 atom stereocenters. The van der Waals surface area contributed by atoms with Gasteiger partial charge in [-0.2, -0.15) is 0 Å². The van der Waals surface area contributed by atoms with Gasteiger partial charge in [0.25, 0.3) is 5.91 Å². The predicted octanol–water partition coefficient (Wildman–Crippen LogP) is 4.36. The molecule has 0 fully saturated rings. The van der Waals surface area contributed by atoms with Gasteiger partial charge in [0.1, 0.15) is 24.7 Å². The van der Waals surface area contributed by atoms with Gasteiger partial charge in [-0.15, -0.1) is 11.3 Å². The molecule has 0 N–H and O–H groups in total. The van der Waals surface area contributed by atoms with E-state index in [9.17, 15) is 4.79 Å². The number of carbonyl (C=O) groups is 1. The predicted molar refractivity (Wildman–Crippen MR) is 100.0 cm³/mol. The Labute approximate surface area is 155 Å². The summed E-state index contributed by atoms with van der Waals surface area (Å²) in [7, 11) is 1.78. The van der Waals surface area contributed by atoms with Crippen molar-refractivity contribution in [1.29, 1.82) is 0 Å². The van der Waals surface area contributed by atoms with Gasteiger partial charge in [0, 0.05) is 11.9 Å². The number of rotatable bonds is 4. The Kier molecular flexibility index (Phi) is 4.42. The Balaban J connectivity index is 1.51. The molecule has 134 valence electrons. The highest BCUT2D eigenvalue weighted by Gasteiger charge is 2.18. The van der Waals surface area contributed by atoms with E-state index in [0.717, 1.165) is 33.5 Å². The summed E-state index contributed by atoms with van der Waals surface area (Å²) < 4.78 is 16.7. The molecule has 5 nitrogen and oxygen atoms in total. The number of fused-ring (bicyclic) bond motifs is 1. The number of hydrogen-bond donors (Lipinski definition) is 0. The molecule has 0 saturated carbocycles. The average molecular weight is 369 g/mol. The largest absolute Gasteiger partial charge is 0.486 e. The minimum Gasteiger partial charge on any atom is -0.486 e. The summed E-state index contributed by atoms with van der Waals surface area (Å²) >= 11 is 1.47. The molecule has 2 aromatic heterocycles. The van der Waals surface area contributed by atoms with Crippen LogP contribution in [0.2, 0.25) is 0 Å². The van der Waals surface area contributed by atoms with Gasteiger partial charge < -0.3 is 18.8 Å². The maximum atomic E-state index is 12.7. The minimum absolute atomic E-state index is 0.0205. The van der Waals surface area contributed by atoms with Crippen LogP contribution in [0.4, 0.5) is 0 Å². The molecule has 0 unspecified atom stereocenters. The number of thiophene rings is 1. The molecule has 0 bridgehead atoms. The minimum atomic E-state index is -0.0205. The number of aryl methyl sites for hydroxylation is 1. The molecule has 3 heterocycles. The molecule has 0 saturated heterocycles. The molecule has 6 heteroatoms. The van der Waals surface area contributed by atoms with Crippen LogP contribution in [0.15, 0.2) is 46.9 Å².